The molecule has 1 heterocycles. The maximum atomic E-state index is 6.06. The number of hydrogen-bond donors (Lipinski definition) is 1. The van der Waals surface area contributed by atoms with Gasteiger partial charge in [0.1, 0.15) is 12.4 Å². The summed E-state index contributed by atoms with van der Waals surface area (Å²) in [4.78, 5) is 0. The molecule has 1 aliphatic heterocycles. The predicted molar refractivity (Wildman–Crippen MR) is 76.0 cm³/mol. The van der Waals surface area contributed by atoms with Crippen molar-refractivity contribution in [2.45, 2.75) is 52.5 Å². The topological polar surface area (TPSA) is 35.2 Å². The molecule has 0 amide bonds. The minimum absolute atomic E-state index is 0.0328. The van der Waals surface area contributed by atoms with Crippen molar-refractivity contribution < 1.29 is 4.74 Å². The van der Waals surface area contributed by atoms with Crippen molar-refractivity contribution in [1.82, 2.24) is 0 Å². The third-order valence-corrected chi connectivity index (χ3v) is 3.58. The molecule has 2 N–H and O–H groups in total. The van der Waals surface area contributed by atoms with Crippen molar-refractivity contribution in [1.29, 1.82) is 0 Å². The van der Waals surface area contributed by atoms with Crippen molar-refractivity contribution >= 4 is 0 Å². The number of fused-ring (bicyclic) bond motifs is 1. The molecular weight excluding hydrogens is 222 g/mol. The Morgan fingerprint density at radius 3 is 2.50 bits per heavy atom. The Bertz CT molecular complexity index is 443. The molecule has 0 spiro atoms. The van der Waals surface area contributed by atoms with Crippen molar-refractivity contribution in [2.75, 3.05) is 6.61 Å². The van der Waals surface area contributed by atoms with Crippen LogP contribution in [0.25, 0.3) is 0 Å². The molecule has 1 aliphatic rings. The van der Waals surface area contributed by atoms with E-state index in [4.69, 9.17) is 10.5 Å². The largest absolute Gasteiger partial charge is 0.491 e. The molecule has 1 unspecified atom stereocenters. The summed E-state index contributed by atoms with van der Waals surface area (Å²) in [5.74, 6) is 0.956. The highest BCUT2D eigenvalue weighted by Gasteiger charge is 2.29. The van der Waals surface area contributed by atoms with E-state index in [0.717, 1.165) is 17.7 Å². The highest BCUT2D eigenvalue weighted by molar-refractivity contribution is 5.44. The average Bonchev–Trinajstić information content (AvgIpc) is 2.56. The van der Waals surface area contributed by atoms with Crippen LogP contribution in [0.2, 0.25) is 0 Å². The first-order chi connectivity index (χ1) is 8.19. The predicted octanol–water partition coefficient (Wildman–Crippen LogP) is 3.79. The second kappa shape index (κ2) is 4.27. The van der Waals surface area contributed by atoms with Crippen LogP contribution in [0.4, 0.5) is 0 Å². The maximum absolute atomic E-state index is 6.06. The Balaban J connectivity index is 2.31. The maximum Gasteiger partial charge on any atom is 0.124 e. The Hall–Kier alpha value is -1.02. The minimum Gasteiger partial charge on any atom is -0.491 e. The summed E-state index contributed by atoms with van der Waals surface area (Å²) in [6.07, 6.45) is 1.15. The molecule has 0 aliphatic carbocycles. The van der Waals surface area contributed by atoms with Crippen LogP contribution < -0.4 is 10.5 Å². The molecule has 0 fully saturated rings. The highest BCUT2D eigenvalue weighted by atomic mass is 16.5. The van der Waals surface area contributed by atoms with Crippen molar-refractivity contribution in [2.24, 2.45) is 11.1 Å². The summed E-state index contributed by atoms with van der Waals surface area (Å²) in [7, 11) is 0. The van der Waals surface area contributed by atoms with Crippen molar-refractivity contribution in [3.8, 4) is 5.75 Å². The molecule has 2 rings (SSSR count). The molecule has 2 nitrogen and oxygen atoms in total. The Kier molecular flexibility index (Phi) is 3.18. The average molecular weight is 247 g/mol. The van der Waals surface area contributed by atoms with Gasteiger partial charge < -0.3 is 10.5 Å². The Morgan fingerprint density at radius 2 is 1.89 bits per heavy atom. The van der Waals surface area contributed by atoms with Gasteiger partial charge in [-0.25, -0.2) is 0 Å². The fourth-order valence-corrected chi connectivity index (χ4v) is 3.09. The fraction of sp³-hybridized carbons (Fsp3) is 0.625. The third-order valence-electron chi connectivity index (χ3n) is 3.58. The second-order valence-electron chi connectivity index (χ2n) is 7.29. The van der Waals surface area contributed by atoms with Gasteiger partial charge >= 0.3 is 0 Å². The highest BCUT2D eigenvalue weighted by Crippen LogP contribution is 2.39. The molecule has 100 valence electrons. The van der Waals surface area contributed by atoms with Gasteiger partial charge in [-0.05, 0) is 34.9 Å². The molecule has 0 aromatic heterocycles. The van der Waals surface area contributed by atoms with Gasteiger partial charge in [0.15, 0.2) is 0 Å². The van der Waals surface area contributed by atoms with Crippen LogP contribution in [0.5, 0.6) is 5.75 Å². The van der Waals surface area contributed by atoms with E-state index in [0.29, 0.717) is 12.0 Å². The summed E-state index contributed by atoms with van der Waals surface area (Å²) in [5, 5.41) is 0. The summed E-state index contributed by atoms with van der Waals surface area (Å²) < 4.78 is 5.55. The molecule has 18 heavy (non-hydrogen) atoms. The van der Waals surface area contributed by atoms with E-state index >= 15 is 0 Å². The number of nitrogens with two attached hydrogens (primary N) is 1. The molecule has 2 heteroatoms. The first-order valence-corrected chi connectivity index (χ1v) is 6.72. The first kappa shape index (κ1) is 13.4. The standard InChI is InChI=1S/C16H25NO/c1-15(2,3)10-16(4,5)11-6-7-14-12(8-11)13(17)9-18-14/h6-8,13H,9-10,17H2,1-5H3. The third kappa shape index (κ3) is 2.69. The molecule has 0 radical (unpaired) electrons. The lowest BCUT2D eigenvalue weighted by Crippen LogP contribution is -2.25. The lowest BCUT2D eigenvalue weighted by atomic mass is 9.72. The molecule has 0 bridgehead atoms. The van der Waals surface area contributed by atoms with E-state index in [9.17, 15) is 0 Å². The van der Waals surface area contributed by atoms with Gasteiger partial charge in [0, 0.05) is 5.56 Å². The van der Waals surface area contributed by atoms with Gasteiger partial charge in [-0.1, -0.05) is 40.7 Å². The van der Waals surface area contributed by atoms with Crippen LogP contribution in [0.1, 0.15) is 58.2 Å². The summed E-state index contributed by atoms with van der Waals surface area (Å²) in [5.41, 5.74) is 9.06. The van der Waals surface area contributed by atoms with Crippen LogP contribution in [0, 0.1) is 5.41 Å². The van der Waals surface area contributed by atoms with Gasteiger partial charge in [0.25, 0.3) is 0 Å². The number of ether oxygens (including phenoxy) is 1. The number of hydrogen-bond acceptors (Lipinski definition) is 2. The Morgan fingerprint density at radius 1 is 1.22 bits per heavy atom. The fourth-order valence-electron chi connectivity index (χ4n) is 3.09. The SMILES string of the molecule is CC(C)(C)CC(C)(C)c1ccc2c(c1)C(N)CO2. The van der Waals surface area contributed by atoms with E-state index in [-0.39, 0.29) is 11.5 Å². The molecule has 0 saturated heterocycles. The number of rotatable bonds is 2. The quantitative estimate of drug-likeness (QED) is 0.863. The van der Waals surface area contributed by atoms with Gasteiger partial charge in [0.05, 0.1) is 6.04 Å². The molecular formula is C16H25NO. The summed E-state index contributed by atoms with van der Waals surface area (Å²) >= 11 is 0. The van der Waals surface area contributed by atoms with Crippen LogP contribution in [0.15, 0.2) is 18.2 Å². The van der Waals surface area contributed by atoms with E-state index in [2.05, 4.69) is 52.8 Å². The molecule has 1 atom stereocenters. The smallest absolute Gasteiger partial charge is 0.124 e. The minimum atomic E-state index is 0.0328. The lowest BCUT2D eigenvalue weighted by Gasteiger charge is -2.33. The lowest BCUT2D eigenvalue weighted by molar-refractivity contribution is 0.284. The molecule has 0 saturated carbocycles. The zero-order valence-electron chi connectivity index (χ0n) is 12.2. The van der Waals surface area contributed by atoms with Crippen LogP contribution in [-0.2, 0) is 5.41 Å². The zero-order valence-corrected chi connectivity index (χ0v) is 12.2. The zero-order chi connectivity index (χ0) is 13.6. The van der Waals surface area contributed by atoms with Crippen molar-refractivity contribution in [3.63, 3.8) is 0 Å². The summed E-state index contributed by atoms with van der Waals surface area (Å²) in [6.45, 7) is 12.1. The van der Waals surface area contributed by atoms with Gasteiger partial charge in [-0.15, -0.1) is 0 Å². The number of benzene rings is 1. The normalized spacial score (nSPS) is 19.6. The summed E-state index contributed by atoms with van der Waals surface area (Å²) in [6, 6.07) is 6.52. The van der Waals surface area contributed by atoms with E-state index < -0.39 is 0 Å². The van der Waals surface area contributed by atoms with Crippen LogP contribution in [-0.4, -0.2) is 6.61 Å². The van der Waals surface area contributed by atoms with Crippen molar-refractivity contribution in [3.05, 3.63) is 29.3 Å². The first-order valence-electron chi connectivity index (χ1n) is 6.72. The monoisotopic (exact) mass is 247 g/mol. The van der Waals surface area contributed by atoms with Crippen LogP contribution >= 0.6 is 0 Å². The van der Waals surface area contributed by atoms with E-state index in [1.807, 2.05) is 0 Å². The van der Waals surface area contributed by atoms with E-state index in [1.165, 1.54) is 5.56 Å². The Labute approximate surface area is 111 Å². The van der Waals surface area contributed by atoms with Gasteiger partial charge in [0.2, 0.25) is 0 Å². The van der Waals surface area contributed by atoms with Crippen LogP contribution in [0.3, 0.4) is 0 Å². The molecule has 1 aromatic rings. The second-order valence-corrected chi connectivity index (χ2v) is 7.29. The van der Waals surface area contributed by atoms with Gasteiger partial charge in [-0.3, -0.25) is 0 Å². The van der Waals surface area contributed by atoms with E-state index in [1.54, 1.807) is 0 Å². The molecule has 1 aromatic carbocycles. The van der Waals surface area contributed by atoms with Gasteiger partial charge in [-0.2, -0.15) is 0 Å².